The minimum atomic E-state index is 0.750. The lowest BCUT2D eigenvalue weighted by atomic mass is 10.8. The molecule has 0 N–H and O–H groups in total. The average Bonchev–Trinajstić information content (AvgIpc) is 2.09. The number of aromatic nitrogens is 2. The van der Waals surface area contributed by atoms with Crippen molar-refractivity contribution in [3.63, 3.8) is 0 Å². The zero-order chi connectivity index (χ0) is 8.53. The van der Waals surface area contributed by atoms with Crippen molar-refractivity contribution in [1.82, 2.24) is 14.9 Å². The van der Waals surface area contributed by atoms with Gasteiger partial charge in [0.15, 0.2) is 0 Å². The van der Waals surface area contributed by atoms with E-state index in [1.807, 2.05) is 0 Å². The lowest BCUT2D eigenvalue weighted by molar-refractivity contribution is -0.115. The number of nitrogens with zero attached hydrogens (tertiary/aromatic N) is 3. The van der Waals surface area contributed by atoms with E-state index >= 15 is 0 Å². The highest BCUT2D eigenvalue weighted by Crippen LogP contribution is 1.65. The fourth-order valence-corrected chi connectivity index (χ4v) is 0.253. The van der Waals surface area contributed by atoms with E-state index in [-0.39, 0.29) is 0 Å². The second-order valence-corrected chi connectivity index (χ2v) is 1.96. The highest BCUT2D eigenvalue weighted by Gasteiger charge is 1.68. The summed E-state index contributed by atoms with van der Waals surface area (Å²) in [6.07, 6.45) is 7.31. The van der Waals surface area contributed by atoms with Crippen LogP contribution in [0.15, 0.2) is 24.8 Å². The molecule has 0 aromatic carbocycles. The van der Waals surface area contributed by atoms with Gasteiger partial charge < -0.3 is 4.90 Å². The lowest BCUT2D eigenvalue weighted by Crippen LogP contribution is -2.06. The number of carbonyl (C=O) groups excluding carboxylic acids is 1. The first-order valence-corrected chi connectivity index (χ1v) is 3.09. The first kappa shape index (κ1) is 9.55. The second kappa shape index (κ2) is 6.67. The van der Waals surface area contributed by atoms with Crippen molar-refractivity contribution in [3.05, 3.63) is 24.8 Å². The summed E-state index contributed by atoms with van der Waals surface area (Å²) in [6.45, 7) is 0. The van der Waals surface area contributed by atoms with Crippen LogP contribution in [-0.4, -0.2) is 35.4 Å². The largest absolute Gasteiger partial charge is 0.351 e. The molecule has 1 amide bonds. The van der Waals surface area contributed by atoms with E-state index in [1.165, 1.54) is 4.90 Å². The fraction of sp³-hybridized carbons (Fsp3) is 0.286. The van der Waals surface area contributed by atoms with E-state index in [1.54, 1.807) is 38.9 Å². The zero-order valence-electron chi connectivity index (χ0n) is 6.64. The maximum Gasteiger partial charge on any atom is 0.209 e. The molecule has 0 fully saturated rings. The summed E-state index contributed by atoms with van der Waals surface area (Å²) in [6, 6.07) is 0. The predicted octanol–water partition coefficient (Wildman–Crippen LogP) is 0.181. The Morgan fingerprint density at radius 3 is 1.45 bits per heavy atom. The highest BCUT2D eigenvalue weighted by atomic mass is 16.1. The van der Waals surface area contributed by atoms with Crippen LogP contribution in [0.3, 0.4) is 0 Å². The van der Waals surface area contributed by atoms with Gasteiger partial charge in [-0.15, -0.1) is 0 Å². The summed E-state index contributed by atoms with van der Waals surface area (Å²) >= 11 is 0. The molecule has 0 aliphatic heterocycles. The van der Waals surface area contributed by atoms with Gasteiger partial charge in [-0.1, -0.05) is 0 Å². The molecule has 1 aromatic rings. The molecule has 1 aromatic heterocycles. The molecule has 11 heavy (non-hydrogen) atoms. The Balaban J connectivity index is 0.000000187. The Kier molecular flexibility index (Phi) is 5.79. The number of amides is 1. The van der Waals surface area contributed by atoms with Crippen LogP contribution in [0, 0.1) is 0 Å². The topological polar surface area (TPSA) is 46.1 Å². The SMILES string of the molecule is CN(C)C=O.c1cnccn1. The smallest absolute Gasteiger partial charge is 0.209 e. The van der Waals surface area contributed by atoms with Gasteiger partial charge in [0.25, 0.3) is 0 Å². The number of hydrogen-bond acceptors (Lipinski definition) is 3. The average molecular weight is 153 g/mol. The van der Waals surface area contributed by atoms with Crippen molar-refractivity contribution in [2.24, 2.45) is 0 Å². The van der Waals surface area contributed by atoms with Gasteiger partial charge in [-0.2, -0.15) is 0 Å². The molecule has 1 rings (SSSR count). The van der Waals surface area contributed by atoms with Gasteiger partial charge in [-0.05, 0) is 0 Å². The van der Waals surface area contributed by atoms with Crippen molar-refractivity contribution in [3.8, 4) is 0 Å². The molecule has 0 saturated carbocycles. The summed E-state index contributed by atoms with van der Waals surface area (Å²) in [5.74, 6) is 0. The van der Waals surface area contributed by atoms with E-state index < -0.39 is 0 Å². The predicted molar refractivity (Wildman–Crippen MR) is 41.8 cm³/mol. The minimum Gasteiger partial charge on any atom is -0.351 e. The van der Waals surface area contributed by atoms with Crippen molar-refractivity contribution in [1.29, 1.82) is 0 Å². The first-order valence-electron chi connectivity index (χ1n) is 3.09. The van der Waals surface area contributed by atoms with E-state index in [4.69, 9.17) is 0 Å². The van der Waals surface area contributed by atoms with Crippen LogP contribution in [0.1, 0.15) is 0 Å². The molecule has 0 unspecified atom stereocenters. The third kappa shape index (κ3) is 8.55. The van der Waals surface area contributed by atoms with Gasteiger partial charge >= 0.3 is 0 Å². The van der Waals surface area contributed by atoms with E-state index in [0.29, 0.717) is 0 Å². The quantitative estimate of drug-likeness (QED) is 0.541. The van der Waals surface area contributed by atoms with Crippen molar-refractivity contribution < 1.29 is 4.79 Å². The summed E-state index contributed by atoms with van der Waals surface area (Å²) in [4.78, 5) is 18.3. The van der Waals surface area contributed by atoms with Crippen LogP contribution in [0.2, 0.25) is 0 Å². The molecular formula is C7H11N3O. The van der Waals surface area contributed by atoms with Gasteiger partial charge in [0.2, 0.25) is 6.41 Å². The Labute approximate surface area is 65.9 Å². The lowest BCUT2D eigenvalue weighted by Gasteiger charge is -1.93. The molecule has 4 heteroatoms. The molecule has 0 radical (unpaired) electrons. The van der Waals surface area contributed by atoms with E-state index in [9.17, 15) is 4.79 Å². The molecule has 0 saturated heterocycles. The van der Waals surface area contributed by atoms with Crippen LogP contribution in [0.25, 0.3) is 0 Å². The van der Waals surface area contributed by atoms with Crippen LogP contribution < -0.4 is 0 Å². The molecular weight excluding hydrogens is 142 g/mol. The number of carbonyl (C=O) groups is 1. The standard InChI is InChI=1S/C4H4N2.C3H7NO/c1-2-6-4-3-5-1;1-4(2)3-5/h1-4H;3H,1-2H3. The second-order valence-electron chi connectivity index (χ2n) is 1.96. The molecule has 0 aliphatic rings. The van der Waals surface area contributed by atoms with Crippen molar-refractivity contribution in [2.45, 2.75) is 0 Å². The molecule has 4 nitrogen and oxygen atoms in total. The molecule has 0 spiro atoms. The van der Waals surface area contributed by atoms with Crippen LogP contribution in [0.5, 0.6) is 0 Å². The van der Waals surface area contributed by atoms with Crippen LogP contribution >= 0.6 is 0 Å². The van der Waals surface area contributed by atoms with Crippen molar-refractivity contribution in [2.75, 3.05) is 14.1 Å². The summed E-state index contributed by atoms with van der Waals surface area (Å²) in [5, 5.41) is 0. The molecule has 0 aliphatic carbocycles. The van der Waals surface area contributed by atoms with E-state index in [2.05, 4.69) is 9.97 Å². The Bertz CT molecular complexity index is 150. The Morgan fingerprint density at radius 1 is 1.09 bits per heavy atom. The monoisotopic (exact) mass is 153 g/mol. The first-order chi connectivity index (χ1) is 5.27. The Hall–Kier alpha value is -1.45. The van der Waals surface area contributed by atoms with Crippen LogP contribution in [0.4, 0.5) is 0 Å². The maximum atomic E-state index is 9.43. The van der Waals surface area contributed by atoms with Gasteiger partial charge in [-0.25, -0.2) is 0 Å². The maximum absolute atomic E-state index is 9.43. The number of hydrogen-bond donors (Lipinski definition) is 0. The Morgan fingerprint density at radius 2 is 1.36 bits per heavy atom. The molecule has 60 valence electrons. The fourth-order valence-electron chi connectivity index (χ4n) is 0.253. The molecule has 0 atom stereocenters. The molecule has 1 heterocycles. The third-order valence-electron chi connectivity index (χ3n) is 0.688. The third-order valence-corrected chi connectivity index (χ3v) is 0.688. The minimum absolute atomic E-state index is 0.750. The highest BCUT2D eigenvalue weighted by molar-refractivity contribution is 5.45. The van der Waals surface area contributed by atoms with Crippen molar-refractivity contribution >= 4 is 6.41 Å². The van der Waals surface area contributed by atoms with Crippen LogP contribution in [-0.2, 0) is 4.79 Å². The van der Waals surface area contributed by atoms with Gasteiger partial charge in [0.05, 0.1) is 0 Å². The normalized spacial score (nSPS) is 7.45. The van der Waals surface area contributed by atoms with E-state index in [0.717, 1.165) is 6.41 Å². The zero-order valence-corrected chi connectivity index (χ0v) is 6.64. The number of rotatable bonds is 1. The van der Waals surface area contributed by atoms with Gasteiger partial charge in [0, 0.05) is 38.9 Å². The van der Waals surface area contributed by atoms with Gasteiger partial charge in [0.1, 0.15) is 0 Å². The summed E-state index contributed by atoms with van der Waals surface area (Å²) in [7, 11) is 3.38. The van der Waals surface area contributed by atoms with Gasteiger partial charge in [-0.3, -0.25) is 14.8 Å². The summed E-state index contributed by atoms with van der Waals surface area (Å²) < 4.78 is 0. The summed E-state index contributed by atoms with van der Waals surface area (Å²) in [5.41, 5.74) is 0. The molecule has 0 bridgehead atoms.